The molecule has 1 heterocycles. The molecule has 1 fully saturated rings. The van der Waals surface area contributed by atoms with E-state index in [4.69, 9.17) is 16.3 Å². The first-order chi connectivity index (χ1) is 11.5. The fourth-order valence-corrected chi connectivity index (χ4v) is 2.92. The summed E-state index contributed by atoms with van der Waals surface area (Å²) in [5.41, 5.74) is 0.969. The van der Waals surface area contributed by atoms with Crippen molar-refractivity contribution in [3.8, 4) is 0 Å². The molecule has 24 heavy (non-hydrogen) atoms. The number of carbonyl (C=O) groups is 2. The molecule has 0 aliphatic carbocycles. The number of carbonyl (C=O) groups excluding carboxylic acids is 2. The Balaban J connectivity index is 1.77. The lowest BCUT2D eigenvalue weighted by atomic mass is 9.97. The zero-order valence-electron chi connectivity index (χ0n) is 13.6. The third-order valence-corrected chi connectivity index (χ3v) is 4.25. The fraction of sp³-hybridized carbons (Fsp3) is 0.529. The number of halogens is 1. The summed E-state index contributed by atoms with van der Waals surface area (Å²) in [6, 6.07) is 7.07. The second-order valence-corrected chi connectivity index (χ2v) is 6.41. The summed E-state index contributed by atoms with van der Waals surface area (Å²) >= 11 is 5.82. The molecule has 1 aromatic rings. The minimum atomic E-state index is -0.475. The third kappa shape index (κ3) is 5.78. The lowest BCUT2D eigenvalue weighted by Crippen LogP contribution is -2.51. The molecule has 0 spiro atoms. The Labute approximate surface area is 146 Å². The highest BCUT2D eigenvalue weighted by molar-refractivity contribution is 6.30. The Morgan fingerprint density at radius 2 is 2.00 bits per heavy atom. The first kappa shape index (κ1) is 18.7. The maximum Gasteiger partial charge on any atom is 0.222 e. The Hall–Kier alpha value is -1.63. The number of hydrogen-bond donors (Lipinski definition) is 3. The van der Waals surface area contributed by atoms with Crippen LogP contribution in [0.5, 0.6) is 0 Å². The van der Waals surface area contributed by atoms with Crippen LogP contribution in [0.3, 0.4) is 0 Å². The minimum absolute atomic E-state index is 0.107. The van der Waals surface area contributed by atoms with Crippen LogP contribution in [0, 0.1) is 0 Å². The van der Waals surface area contributed by atoms with E-state index >= 15 is 0 Å². The highest BCUT2D eigenvalue weighted by Gasteiger charge is 2.32. The van der Waals surface area contributed by atoms with Crippen LogP contribution in [0.15, 0.2) is 24.3 Å². The van der Waals surface area contributed by atoms with E-state index in [-0.39, 0.29) is 37.0 Å². The van der Waals surface area contributed by atoms with Gasteiger partial charge in [0.05, 0.1) is 25.2 Å². The predicted octanol–water partition coefficient (Wildman–Crippen LogP) is 1.39. The van der Waals surface area contributed by atoms with Crippen molar-refractivity contribution in [2.75, 3.05) is 6.61 Å². The Kier molecular flexibility index (Phi) is 7.02. The largest absolute Gasteiger partial charge is 0.394 e. The molecular weight excluding hydrogens is 332 g/mol. The molecule has 3 atom stereocenters. The molecule has 2 amide bonds. The van der Waals surface area contributed by atoms with E-state index in [0.717, 1.165) is 5.56 Å². The molecule has 3 N–H and O–H groups in total. The average Bonchev–Trinajstić information content (AvgIpc) is 2.55. The fourth-order valence-electron chi connectivity index (χ4n) is 2.79. The second-order valence-electron chi connectivity index (χ2n) is 5.97. The molecule has 6 nitrogen and oxygen atoms in total. The molecule has 1 aliphatic rings. The SMILES string of the molecule is CC(=O)N[C@H]1CC[C@@H](CC(=O)NCc2ccc(Cl)cc2)O[C@@H]1CO. The molecule has 1 saturated heterocycles. The second kappa shape index (κ2) is 9.01. The molecule has 7 heteroatoms. The van der Waals surface area contributed by atoms with E-state index in [1.165, 1.54) is 6.92 Å². The zero-order chi connectivity index (χ0) is 17.5. The van der Waals surface area contributed by atoms with Gasteiger partial charge >= 0.3 is 0 Å². The van der Waals surface area contributed by atoms with Crippen LogP contribution < -0.4 is 10.6 Å². The minimum Gasteiger partial charge on any atom is -0.394 e. The van der Waals surface area contributed by atoms with Gasteiger partial charge in [0.15, 0.2) is 0 Å². The van der Waals surface area contributed by atoms with E-state index in [1.807, 2.05) is 12.1 Å². The molecular formula is C17H23ClN2O4. The number of aliphatic hydroxyl groups excluding tert-OH is 1. The number of amides is 2. The van der Waals surface area contributed by atoms with Crippen LogP contribution in [0.2, 0.25) is 5.02 Å². The third-order valence-electron chi connectivity index (χ3n) is 4.00. The van der Waals surface area contributed by atoms with Crippen LogP contribution >= 0.6 is 11.6 Å². The molecule has 0 unspecified atom stereocenters. The maximum atomic E-state index is 12.1. The Morgan fingerprint density at radius 3 is 2.62 bits per heavy atom. The van der Waals surface area contributed by atoms with Crippen LogP contribution in [-0.4, -0.2) is 41.8 Å². The summed E-state index contributed by atoms with van der Waals surface area (Å²) in [7, 11) is 0. The van der Waals surface area contributed by atoms with Gasteiger partial charge < -0.3 is 20.5 Å². The van der Waals surface area contributed by atoms with Crippen molar-refractivity contribution in [2.24, 2.45) is 0 Å². The summed E-state index contributed by atoms with van der Waals surface area (Å²) in [5.74, 6) is -0.258. The van der Waals surface area contributed by atoms with Crippen molar-refractivity contribution in [2.45, 2.75) is 51.0 Å². The number of aliphatic hydroxyl groups is 1. The standard InChI is InChI=1S/C17H23ClN2O4/c1-11(22)20-15-7-6-14(24-16(15)10-21)8-17(23)19-9-12-2-4-13(18)5-3-12/h2-5,14-16,21H,6-10H2,1H3,(H,19,23)(H,20,22)/t14-,15-,16+/m0/s1. The molecule has 2 rings (SSSR count). The molecule has 1 aliphatic heterocycles. The van der Waals surface area contributed by atoms with Crippen molar-refractivity contribution in [1.82, 2.24) is 10.6 Å². The average molecular weight is 355 g/mol. The normalized spacial score (nSPS) is 23.5. The van der Waals surface area contributed by atoms with Gasteiger partial charge in [-0.1, -0.05) is 23.7 Å². The number of rotatable bonds is 6. The molecule has 0 aromatic heterocycles. The first-order valence-electron chi connectivity index (χ1n) is 8.02. The highest BCUT2D eigenvalue weighted by Crippen LogP contribution is 2.22. The van der Waals surface area contributed by atoms with Gasteiger partial charge in [0, 0.05) is 18.5 Å². The van der Waals surface area contributed by atoms with Gasteiger partial charge in [0.2, 0.25) is 11.8 Å². The molecule has 0 radical (unpaired) electrons. The Morgan fingerprint density at radius 1 is 1.29 bits per heavy atom. The van der Waals surface area contributed by atoms with Gasteiger partial charge in [0.25, 0.3) is 0 Å². The number of nitrogens with one attached hydrogen (secondary N) is 2. The lowest BCUT2D eigenvalue weighted by Gasteiger charge is -2.35. The summed E-state index contributed by atoms with van der Waals surface area (Å²) in [6.07, 6.45) is 0.848. The zero-order valence-corrected chi connectivity index (χ0v) is 14.4. The van der Waals surface area contributed by atoms with Crippen molar-refractivity contribution in [3.63, 3.8) is 0 Å². The number of hydrogen-bond acceptors (Lipinski definition) is 4. The monoisotopic (exact) mass is 354 g/mol. The maximum absolute atomic E-state index is 12.1. The highest BCUT2D eigenvalue weighted by atomic mass is 35.5. The summed E-state index contributed by atoms with van der Waals surface area (Å²) < 4.78 is 5.74. The number of ether oxygens (including phenoxy) is 1. The quantitative estimate of drug-likeness (QED) is 0.720. The van der Waals surface area contributed by atoms with Crippen LogP contribution in [0.25, 0.3) is 0 Å². The van der Waals surface area contributed by atoms with Gasteiger partial charge in [-0.25, -0.2) is 0 Å². The van der Waals surface area contributed by atoms with E-state index in [1.54, 1.807) is 12.1 Å². The summed E-state index contributed by atoms with van der Waals surface area (Å²) in [6.45, 7) is 1.68. The van der Waals surface area contributed by atoms with Gasteiger partial charge in [-0.05, 0) is 30.5 Å². The van der Waals surface area contributed by atoms with E-state index in [9.17, 15) is 14.7 Å². The van der Waals surface area contributed by atoms with Crippen molar-refractivity contribution < 1.29 is 19.4 Å². The summed E-state index contributed by atoms with van der Waals surface area (Å²) in [5, 5.41) is 15.7. The van der Waals surface area contributed by atoms with Crippen LogP contribution in [0.4, 0.5) is 0 Å². The van der Waals surface area contributed by atoms with Gasteiger partial charge in [-0.15, -0.1) is 0 Å². The lowest BCUT2D eigenvalue weighted by molar-refractivity contribution is -0.135. The van der Waals surface area contributed by atoms with E-state index < -0.39 is 6.10 Å². The topological polar surface area (TPSA) is 87.7 Å². The first-order valence-corrected chi connectivity index (χ1v) is 8.40. The van der Waals surface area contributed by atoms with Gasteiger partial charge in [-0.2, -0.15) is 0 Å². The molecule has 1 aromatic carbocycles. The summed E-state index contributed by atoms with van der Waals surface area (Å²) in [4.78, 5) is 23.2. The van der Waals surface area contributed by atoms with Crippen molar-refractivity contribution >= 4 is 23.4 Å². The van der Waals surface area contributed by atoms with Crippen LogP contribution in [-0.2, 0) is 20.9 Å². The van der Waals surface area contributed by atoms with Gasteiger partial charge in [-0.3, -0.25) is 9.59 Å². The molecule has 132 valence electrons. The van der Waals surface area contributed by atoms with Crippen molar-refractivity contribution in [1.29, 1.82) is 0 Å². The van der Waals surface area contributed by atoms with E-state index in [0.29, 0.717) is 24.4 Å². The predicted molar refractivity (Wildman–Crippen MR) is 90.5 cm³/mol. The van der Waals surface area contributed by atoms with E-state index in [2.05, 4.69) is 10.6 Å². The van der Waals surface area contributed by atoms with Crippen LogP contribution in [0.1, 0.15) is 31.7 Å². The molecule has 0 bridgehead atoms. The van der Waals surface area contributed by atoms with Crippen molar-refractivity contribution in [3.05, 3.63) is 34.9 Å². The smallest absolute Gasteiger partial charge is 0.222 e. The molecule has 0 saturated carbocycles. The Bertz CT molecular complexity index is 564. The number of benzene rings is 1. The van der Waals surface area contributed by atoms with Gasteiger partial charge in [0.1, 0.15) is 6.10 Å².